The van der Waals surface area contributed by atoms with Gasteiger partial charge in [-0.3, -0.25) is 4.79 Å². The molecule has 0 saturated heterocycles. The van der Waals surface area contributed by atoms with Crippen LogP contribution in [0.5, 0.6) is 0 Å². The Bertz CT molecular complexity index is 667. The van der Waals surface area contributed by atoms with Gasteiger partial charge >= 0.3 is 0 Å². The van der Waals surface area contributed by atoms with Crippen LogP contribution in [0.1, 0.15) is 31.0 Å². The Hall–Kier alpha value is -1.85. The van der Waals surface area contributed by atoms with E-state index >= 15 is 0 Å². The predicted molar refractivity (Wildman–Crippen MR) is 94.7 cm³/mol. The molecule has 5 nitrogen and oxygen atoms in total. The summed E-state index contributed by atoms with van der Waals surface area (Å²) in [5.41, 5.74) is 1.86. The number of hydrogen-bond donors (Lipinski definition) is 1. The van der Waals surface area contributed by atoms with E-state index < -0.39 is 0 Å². The van der Waals surface area contributed by atoms with Crippen molar-refractivity contribution in [3.8, 4) is 0 Å². The molecule has 0 spiro atoms. The number of aryl methyl sites for hydroxylation is 1. The SMILES string of the molecule is CC(C)C(C(=O)N(CCO)Cc1cncn1C)c1ccc(Cl)cc1. The topological polar surface area (TPSA) is 58.4 Å². The highest BCUT2D eigenvalue weighted by atomic mass is 35.5. The van der Waals surface area contributed by atoms with Crippen molar-refractivity contribution in [2.75, 3.05) is 13.2 Å². The number of imidazole rings is 1. The van der Waals surface area contributed by atoms with Crippen LogP contribution in [0.15, 0.2) is 36.8 Å². The highest BCUT2D eigenvalue weighted by Crippen LogP contribution is 2.28. The average molecular weight is 350 g/mol. The zero-order valence-corrected chi connectivity index (χ0v) is 15.1. The third-order valence-electron chi connectivity index (χ3n) is 4.11. The molecule has 1 N–H and O–H groups in total. The van der Waals surface area contributed by atoms with Gasteiger partial charge < -0.3 is 14.6 Å². The molecular formula is C18H24ClN3O2. The summed E-state index contributed by atoms with van der Waals surface area (Å²) in [5, 5.41) is 10.0. The van der Waals surface area contributed by atoms with E-state index in [4.69, 9.17) is 11.6 Å². The molecule has 0 aliphatic heterocycles. The molecule has 0 aliphatic carbocycles. The van der Waals surface area contributed by atoms with Crippen molar-refractivity contribution < 1.29 is 9.90 Å². The molecule has 1 aromatic carbocycles. The third-order valence-corrected chi connectivity index (χ3v) is 4.36. The number of aromatic nitrogens is 2. The van der Waals surface area contributed by atoms with Gasteiger partial charge in [0.1, 0.15) is 0 Å². The van der Waals surface area contributed by atoms with Gasteiger partial charge in [-0.15, -0.1) is 0 Å². The molecule has 1 aromatic heterocycles. The number of carbonyl (C=O) groups excluding carboxylic acids is 1. The van der Waals surface area contributed by atoms with Crippen LogP contribution in [0.2, 0.25) is 5.02 Å². The third kappa shape index (κ3) is 4.36. The molecule has 0 radical (unpaired) electrons. The highest BCUT2D eigenvalue weighted by molar-refractivity contribution is 6.30. The number of rotatable bonds is 7. The molecule has 0 bridgehead atoms. The van der Waals surface area contributed by atoms with E-state index in [1.165, 1.54) is 0 Å². The summed E-state index contributed by atoms with van der Waals surface area (Å²) in [6, 6.07) is 7.40. The van der Waals surface area contributed by atoms with Crippen LogP contribution in [0.4, 0.5) is 0 Å². The fraction of sp³-hybridized carbons (Fsp3) is 0.444. The summed E-state index contributed by atoms with van der Waals surface area (Å²) in [7, 11) is 1.89. The summed E-state index contributed by atoms with van der Waals surface area (Å²) in [5.74, 6) is -0.143. The van der Waals surface area contributed by atoms with Crippen molar-refractivity contribution in [2.45, 2.75) is 26.3 Å². The predicted octanol–water partition coefficient (Wildman–Crippen LogP) is 2.83. The Morgan fingerprint density at radius 1 is 1.33 bits per heavy atom. The van der Waals surface area contributed by atoms with E-state index in [2.05, 4.69) is 4.98 Å². The molecule has 2 rings (SSSR count). The van der Waals surface area contributed by atoms with E-state index in [0.717, 1.165) is 11.3 Å². The lowest BCUT2D eigenvalue weighted by molar-refractivity contribution is -0.135. The van der Waals surface area contributed by atoms with Crippen molar-refractivity contribution >= 4 is 17.5 Å². The molecule has 1 unspecified atom stereocenters. The van der Waals surface area contributed by atoms with E-state index in [-0.39, 0.29) is 24.3 Å². The molecule has 24 heavy (non-hydrogen) atoms. The summed E-state index contributed by atoms with van der Waals surface area (Å²) >= 11 is 5.96. The summed E-state index contributed by atoms with van der Waals surface area (Å²) < 4.78 is 1.88. The molecule has 2 aromatic rings. The molecule has 1 amide bonds. The Balaban J connectivity index is 2.27. The first-order chi connectivity index (χ1) is 11.4. The summed E-state index contributed by atoms with van der Waals surface area (Å²) in [6.07, 6.45) is 3.44. The first-order valence-electron chi connectivity index (χ1n) is 8.04. The van der Waals surface area contributed by atoms with E-state index in [0.29, 0.717) is 18.1 Å². The molecule has 0 saturated carbocycles. The highest BCUT2D eigenvalue weighted by Gasteiger charge is 2.29. The van der Waals surface area contributed by atoms with Crippen molar-refractivity contribution in [2.24, 2.45) is 13.0 Å². The zero-order valence-electron chi connectivity index (χ0n) is 14.3. The van der Waals surface area contributed by atoms with Gasteiger partial charge in [0.25, 0.3) is 0 Å². The normalized spacial score (nSPS) is 12.4. The molecule has 1 heterocycles. The van der Waals surface area contributed by atoms with E-state index in [1.807, 2.05) is 37.6 Å². The number of hydrogen-bond acceptors (Lipinski definition) is 3. The van der Waals surface area contributed by atoms with Crippen LogP contribution in [0, 0.1) is 5.92 Å². The number of nitrogens with zero attached hydrogens (tertiary/aromatic N) is 3. The second kappa shape index (κ2) is 8.31. The van der Waals surface area contributed by atoms with Crippen LogP contribution >= 0.6 is 11.6 Å². The number of aliphatic hydroxyl groups excluding tert-OH is 1. The van der Waals surface area contributed by atoms with E-state index in [1.54, 1.807) is 29.6 Å². The van der Waals surface area contributed by atoms with Gasteiger partial charge in [-0.1, -0.05) is 37.6 Å². The van der Waals surface area contributed by atoms with Gasteiger partial charge in [0.15, 0.2) is 0 Å². The van der Waals surface area contributed by atoms with Gasteiger partial charge in [-0.2, -0.15) is 0 Å². The molecular weight excluding hydrogens is 326 g/mol. The standard InChI is InChI=1S/C18H24ClN3O2/c1-13(2)17(14-4-6-15(19)7-5-14)18(24)22(8-9-23)11-16-10-20-12-21(16)3/h4-7,10,12-13,17,23H,8-9,11H2,1-3H3. The lowest BCUT2D eigenvalue weighted by atomic mass is 9.87. The monoisotopic (exact) mass is 349 g/mol. The van der Waals surface area contributed by atoms with Crippen molar-refractivity contribution in [1.82, 2.24) is 14.5 Å². The first-order valence-corrected chi connectivity index (χ1v) is 8.42. The lowest BCUT2D eigenvalue weighted by Gasteiger charge is -2.29. The second-order valence-electron chi connectivity index (χ2n) is 6.25. The minimum Gasteiger partial charge on any atom is -0.395 e. The molecule has 0 aliphatic rings. The number of benzene rings is 1. The Kier molecular flexibility index (Phi) is 6.40. The Morgan fingerprint density at radius 2 is 2.00 bits per heavy atom. The van der Waals surface area contributed by atoms with Crippen LogP contribution in [-0.2, 0) is 18.4 Å². The van der Waals surface area contributed by atoms with Crippen LogP contribution in [0.25, 0.3) is 0 Å². The fourth-order valence-electron chi connectivity index (χ4n) is 2.80. The largest absolute Gasteiger partial charge is 0.395 e. The van der Waals surface area contributed by atoms with Gasteiger partial charge in [0, 0.05) is 24.8 Å². The lowest BCUT2D eigenvalue weighted by Crippen LogP contribution is -2.38. The molecule has 6 heteroatoms. The fourth-order valence-corrected chi connectivity index (χ4v) is 2.93. The van der Waals surface area contributed by atoms with Gasteiger partial charge in [-0.05, 0) is 23.6 Å². The number of halogens is 1. The maximum atomic E-state index is 13.1. The first kappa shape index (κ1) is 18.5. The number of aliphatic hydroxyl groups is 1. The zero-order chi connectivity index (χ0) is 17.7. The van der Waals surface area contributed by atoms with Crippen molar-refractivity contribution in [1.29, 1.82) is 0 Å². The van der Waals surface area contributed by atoms with Gasteiger partial charge in [-0.25, -0.2) is 4.98 Å². The van der Waals surface area contributed by atoms with Crippen LogP contribution in [-0.4, -0.2) is 38.6 Å². The maximum Gasteiger partial charge on any atom is 0.230 e. The summed E-state index contributed by atoms with van der Waals surface area (Å²) in [4.78, 5) is 18.9. The average Bonchev–Trinajstić information content (AvgIpc) is 2.94. The minimum atomic E-state index is -0.276. The second-order valence-corrected chi connectivity index (χ2v) is 6.69. The van der Waals surface area contributed by atoms with Crippen LogP contribution < -0.4 is 0 Å². The van der Waals surface area contributed by atoms with Crippen molar-refractivity contribution in [3.63, 3.8) is 0 Å². The van der Waals surface area contributed by atoms with E-state index in [9.17, 15) is 9.90 Å². The van der Waals surface area contributed by atoms with Gasteiger partial charge in [0.2, 0.25) is 5.91 Å². The smallest absolute Gasteiger partial charge is 0.230 e. The quantitative estimate of drug-likeness (QED) is 0.836. The molecule has 0 fully saturated rings. The number of amides is 1. The van der Waals surface area contributed by atoms with Gasteiger partial charge in [0.05, 0.1) is 31.1 Å². The minimum absolute atomic E-state index is 0.00238. The molecule has 130 valence electrons. The van der Waals surface area contributed by atoms with Crippen molar-refractivity contribution in [3.05, 3.63) is 53.1 Å². The molecule has 1 atom stereocenters. The maximum absolute atomic E-state index is 13.1. The Labute approximate surface area is 147 Å². The Morgan fingerprint density at radius 3 is 2.50 bits per heavy atom. The number of carbonyl (C=O) groups is 1. The van der Waals surface area contributed by atoms with Crippen LogP contribution in [0.3, 0.4) is 0 Å². The summed E-state index contributed by atoms with van der Waals surface area (Å²) in [6.45, 7) is 4.69.